The second kappa shape index (κ2) is 8.62. The standard InChI is InChI=1S/C16H18N6O6/c1-9-13(22(25)26)7-19-21(9)10(2)16(24)28-20-15(18)11-3-5-12(6-4-11)27-8-14(17)23/h3-7,10H,8H2,1-2H3,(H2,17,23)(H2,18,20). The van der Waals surface area contributed by atoms with Gasteiger partial charge in [0.05, 0.1) is 4.92 Å². The lowest BCUT2D eigenvalue weighted by molar-refractivity contribution is -0.385. The van der Waals surface area contributed by atoms with Crippen molar-refractivity contribution < 1.29 is 24.1 Å². The maximum absolute atomic E-state index is 12.1. The first-order valence-electron chi connectivity index (χ1n) is 7.95. The first-order valence-corrected chi connectivity index (χ1v) is 7.95. The highest BCUT2D eigenvalue weighted by atomic mass is 16.7. The fraction of sp³-hybridized carbons (Fsp3) is 0.250. The molecule has 0 aliphatic rings. The Balaban J connectivity index is 2.02. The van der Waals surface area contributed by atoms with Gasteiger partial charge in [-0.2, -0.15) is 5.10 Å². The van der Waals surface area contributed by atoms with E-state index < -0.39 is 22.8 Å². The number of aromatic nitrogens is 2. The van der Waals surface area contributed by atoms with Crippen LogP contribution < -0.4 is 16.2 Å². The van der Waals surface area contributed by atoms with Gasteiger partial charge < -0.3 is 21.0 Å². The molecule has 12 nitrogen and oxygen atoms in total. The van der Waals surface area contributed by atoms with Gasteiger partial charge in [-0.05, 0) is 38.1 Å². The second-order valence-electron chi connectivity index (χ2n) is 5.66. The van der Waals surface area contributed by atoms with Crippen molar-refractivity contribution in [3.05, 3.63) is 51.8 Å². The molecule has 2 rings (SSSR count). The van der Waals surface area contributed by atoms with Crippen LogP contribution in [-0.2, 0) is 14.4 Å². The smallest absolute Gasteiger partial charge is 0.359 e. The Bertz CT molecular complexity index is 920. The van der Waals surface area contributed by atoms with Gasteiger partial charge in [0.25, 0.3) is 5.91 Å². The molecule has 148 valence electrons. The van der Waals surface area contributed by atoms with Crippen LogP contribution in [-0.4, -0.2) is 39.0 Å². The van der Waals surface area contributed by atoms with E-state index in [1.54, 1.807) is 12.1 Å². The van der Waals surface area contributed by atoms with E-state index in [1.807, 2.05) is 0 Å². The Kier molecular flexibility index (Phi) is 6.26. The lowest BCUT2D eigenvalue weighted by Crippen LogP contribution is -2.22. The molecule has 12 heteroatoms. The molecule has 0 aliphatic carbocycles. The number of rotatable bonds is 8. The molecule has 1 aromatic heterocycles. The predicted octanol–water partition coefficient (Wildman–Crippen LogP) is 0.389. The minimum atomic E-state index is -0.949. The highest BCUT2D eigenvalue weighted by molar-refractivity contribution is 5.97. The number of oxime groups is 1. The molecule has 0 fully saturated rings. The minimum absolute atomic E-state index is 0.0785. The van der Waals surface area contributed by atoms with Gasteiger partial charge in [0.15, 0.2) is 12.4 Å². The van der Waals surface area contributed by atoms with Crippen molar-refractivity contribution in [2.75, 3.05) is 6.61 Å². The third-order valence-corrected chi connectivity index (χ3v) is 3.69. The number of primary amides is 1. The van der Waals surface area contributed by atoms with Crippen LogP contribution in [0.1, 0.15) is 24.2 Å². The molecule has 2 aromatic rings. The molecule has 1 heterocycles. The van der Waals surface area contributed by atoms with Gasteiger partial charge in [-0.1, -0.05) is 5.16 Å². The predicted molar refractivity (Wildman–Crippen MR) is 96.3 cm³/mol. The van der Waals surface area contributed by atoms with E-state index in [9.17, 15) is 19.7 Å². The molecule has 0 spiro atoms. The fourth-order valence-corrected chi connectivity index (χ4v) is 2.18. The number of nitrogens with two attached hydrogens (primary N) is 2. The summed E-state index contributed by atoms with van der Waals surface area (Å²) in [5.41, 5.74) is 11.2. The summed E-state index contributed by atoms with van der Waals surface area (Å²) in [4.78, 5) is 37.9. The molecule has 0 radical (unpaired) electrons. The molecule has 1 atom stereocenters. The molecule has 28 heavy (non-hydrogen) atoms. The molecule has 1 amide bonds. The largest absolute Gasteiger partial charge is 0.484 e. The van der Waals surface area contributed by atoms with E-state index in [4.69, 9.17) is 21.0 Å². The van der Waals surface area contributed by atoms with Crippen LogP contribution in [0.3, 0.4) is 0 Å². The Hall–Kier alpha value is -3.96. The van der Waals surface area contributed by atoms with Gasteiger partial charge in [-0.25, -0.2) is 9.48 Å². The van der Waals surface area contributed by atoms with Crippen LogP contribution >= 0.6 is 0 Å². The second-order valence-corrected chi connectivity index (χ2v) is 5.66. The van der Waals surface area contributed by atoms with Crippen LogP contribution in [0.4, 0.5) is 5.69 Å². The molecular formula is C16H18N6O6. The van der Waals surface area contributed by atoms with E-state index in [0.717, 1.165) is 10.9 Å². The average molecular weight is 390 g/mol. The number of nitro groups is 1. The third-order valence-electron chi connectivity index (χ3n) is 3.69. The molecule has 4 N–H and O–H groups in total. The maximum Gasteiger partial charge on any atom is 0.359 e. The highest BCUT2D eigenvalue weighted by Crippen LogP contribution is 2.20. The Morgan fingerprint density at radius 3 is 2.50 bits per heavy atom. The average Bonchev–Trinajstić information content (AvgIpc) is 3.05. The zero-order valence-electron chi connectivity index (χ0n) is 15.1. The monoisotopic (exact) mass is 390 g/mol. The third kappa shape index (κ3) is 4.81. The summed E-state index contributed by atoms with van der Waals surface area (Å²) in [6, 6.07) is 5.23. The van der Waals surface area contributed by atoms with Crippen LogP contribution in [0.25, 0.3) is 0 Å². The summed E-state index contributed by atoms with van der Waals surface area (Å²) in [7, 11) is 0. The van der Waals surface area contributed by atoms with Gasteiger partial charge >= 0.3 is 11.7 Å². The Labute approximate surface area is 158 Å². The molecule has 0 saturated heterocycles. The first kappa shape index (κ1) is 20.4. The molecular weight excluding hydrogens is 372 g/mol. The molecule has 0 aliphatic heterocycles. The number of ether oxygens (including phenoxy) is 1. The van der Waals surface area contributed by atoms with E-state index in [2.05, 4.69) is 10.3 Å². The van der Waals surface area contributed by atoms with Crippen molar-refractivity contribution in [1.82, 2.24) is 9.78 Å². The summed E-state index contributed by atoms with van der Waals surface area (Å²) in [6.07, 6.45) is 1.05. The number of amidine groups is 1. The summed E-state index contributed by atoms with van der Waals surface area (Å²) in [5.74, 6) is -1.09. The number of carbonyl (C=O) groups is 2. The van der Waals surface area contributed by atoms with Crippen molar-refractivity contribution in [1.29, 1.82) is 0 Å². The van der Waals surface area contributed by atoms with Crippen molar-refractivity contribution >= 4 is 23.4 Å². The Morgan fingerprint density at radius 2 is 1.96 bits per heavy atom. The lowest BCUT2D eigenvalue weighted by atomic mass is 10.2. The number of nitrogens with zero attached hydrogens (tertiary/aromatic N) is 4. The van der Waals surface area contributed by atoms with E-state index in [1.165, 1.54) is 26.0 Å². The van der Waals surface area contributed by atoms with Gasteiger partial charge in [0.2, 0.25) is 0 Å². The van der Waals surface area contributed by atoms with Crippen molar-refractivity contribution in [3.8, 4) is 5.75 Å². The van der Waals surface area contributed by atoms with Crippen LogP contribution in [0.5, 0.6) is 5.75 Å². The highest BCUT2D eigenvalue weighted by Gasteiger charge is 2.25. The quantitative estimate of drug-likeness (QED) is 0.213. The fourth-order valence-electron chi connectivity index (χ4n) is 2.18. The van der Waals surface area contributed by atoms with E-state index in [-0.39, 0.29) is 23.8 Å². The number of amides is 1. The van der Waals surface area contributed by atoms with Crippen molar-refractivity contribution in [2.45, 2.75) is 19.9 Å². The normalized spacial score (nSPS) is 12.3. The van der Waals surface area contributed by atoms with Crippen LogP contribution in [0.2, 0.25) is 0 Å². The zero-order chi connectivity index (χ0) is 20.8. The minimum Gasteiger partial charge on any atom is -0.484 e. The summed E-state index contributed by atoms with van der Waals surface area (Å²) < 4.78 is 6.28. The maximum atomic E-state index is 12.1. The molecule has 0 saturated carbocycles. The number of carbonyl (C=O) groups excluding carboxylic acids is 2. The SMILES string of the molecule is Cc1c([N+](=O)[O-])cnn1C(C)C(=O)O/N=C(\N)c1ccc(OCC(N)=O)cc1. The first-order chi connectivity index (χ1) is 13.2. The van der Waals surface area contributed by atoms with E-state index in [0.29, 0.717) is 11.3 Å². The molecule has 1 aromatic carbocycles. The topological polar surface area (TPSA) is 178 Å². The van der Waals surface area contributed by atoms with E-state index >= 15 is 0 Å². The zero-order valence-corrected chi connectivity index (χ0v) is 15.1. The Morgan fingerprint density at radius 1 is 1.32 bits per heavy atom. The van der Waals surface area contributed by atoms with Gasteiger partial charge in [0, 0.05) is 5.56 Å². The molecule has 1 unspecified atom stereocenters. The number of benzene rings is 1. The van der Waals surface area contributed by atoms with Crippen molar-refractivity contribution in [2.24, 2.45) is 16.6 Å². The molecule has 0 bridgehead atoms. The summed E-state index contributed by atoms with van der Waals surface area (Å²) >= 11 is 0. The number of hydrogen-bond donors (Lipinski definition) is 2. The number of hydrogen-bond acceptors (Lipinski definition) is 8. The van der Waals surface area contributed by atoms with Crippen molar-refractivity contribution in [3.63, 3.8) is 0 Å². The van der Waals surface area contributed by atoms with Crippen LogP contribution in [0, 0.1) is 17.0 Å². The van der Waals surface area contributed by atoms with Gasteiger partial charge in [0.1, 0.15) is 23.7 Å². The lowest BCUT2D eigenvalue weighted by Gasteiger charge is -2.10. The van der Waals surface area contributed by atoms with Gasteiger partial charge in [-0.3, -0.25) is 14.9 Å². The van der Waals surface area contributed by atoms with Crippen LogP contribution in [0.15, 0.2) is 35.6 Å². The van der Waals surface area contributed by atoms with Gasteiger partial charge in [-0.15, -0.1) is 0 Å². The summed E-state index contributed by atoms with van der Waals surface area (Å²) in [5, 5.41) is 18.3. The summed E-state index contributed by atoms with van der Waals surface area (Å²) in [6.45, 7) is 2.67.